The van der Waals surface area contributed by atoms with Gasteiger partial charge in [-0.2, -0.15) is 0 Å². The molecule has 1 heterocycles. The minimum Gasteiger partial charge on any atom is -0.497 e. The fourth-order valence-corrected chi connectivity index (χ4v) is 3.45. The second-order valence-corrected chi connectivity index (χ2v) is 7.81. The molecule has 0 spiro atoms. The highest BCUT2D eigenvalue weighted by molar-refractivity contribution is 9.10. The van der Waals surface area contributed by atoms with Crippen molar-refractivity contribution in [3.8, 4) is 34.3 Å². The number of hydrogen-bond donors (Lipinski definition) is 1. The first-order chi connectivity index (χ1) is 16.0. The molecule has 4 aromatic rings. The van der Waals surface area contributed by atoms with Crippen LogP contribution in [-0.4, -0.2) is 42.0 Å². The fraction of sp³-hybridized carbons (Fsp3) is 0.125. The summed E-state index contributed by atoms with van der Waals surface area (Å²) in [7, 11) is 4.68. The van der Waals surface area contributed by atoms with E-state index in [1.165, 1.54) is 7.11 Å². The van der Waals surface area contributed by atoms with Gasteiger partial charge in [-0.1, -0.05) is 28.1 Å². The van der Waals surface area contributed by atoms with E-state index in [9.17, 15) is 4.79 Å². The summed E-state index contributed by atoms with van der Waals surface area (Å²) in [6.07, 6.45) is 0. The lowest BCUT2D eigenvalue weighted by molar-refractivity contribution is 0.101. The maximum Gasteiger partial charge on any atom is 0.295 e. The van der Waals surface area contributed by atoms with Gasteiger partial charge in [0.05, 0.1) is 32.7 Å². The molecule has 3 aromatic carbocycles. The Balaban J connectivity index is 1.74. The average Bonchev–Trinajstić information content (AvgIpc) is 3.30. The van der Waals surface area contributed by atoms with Crippen molar-refractivity contribution >= 4 is 27.5 Å². The normalized spacial score (nSPS) is 10.5. The van der Waals surface area contributed by atoms with E-state index >= 15 is 0 Å². The van der Waals surface area contributed by atoms with E-state index < -0.39 is 5.91 Å². The molecule has 0 radical (unpaired) electrons. The molecular formula is C24H21BrN4O4. The van der Waals surface area contributed by atoms with Crippen LogP contribution in [0.3, 0.4) is 0 Å². The average molecular weight is 509 g/mol. The number of ether oxygens (including phenoxy) is 3. The quantitative estimate of drug-likeness (QED) is 0.379. The first kappa shape index (κ1) is 22.3. The zero-order chi connectivity index (χ0) is 23.4. The number of amides is 1. The van der Waals surface area contributed by atoms with Gasteiger partial charge in [0.15, 0.2) is 5.82 Å². The molecule has 0 bridgehead atoms. The molecule has 33 heavy (non-hydrogen) atoms. The van der Waals surface area contributed by atoms with Crippen LogP contribution in [0.4, 0.5) is 5.69 Å². The highest BCUT2D eigenvalue weighted by atomic mass is 79.9. The Bertz CT molecular complexity index is 1270. The molecule has 1 amide bonds. The van der Waals surface area contributed by atoms with Crippen LogP contribution in [0.2, 0.25) is 0 Å². The van der Waals surface area contributed by atoms with Gasteiger partial charge in [-0.15, -0.1) is 5.10 Å². The number of nitrogens with one attached hydrogen (secondary N) is 1. The number of carbonyl (C=O) groups excluding carboxylic acids is 1. The molecule has 1 aromatic heterocycles. The first-order valence-electron chi connectivity index (χ1n) is 9.93. The summed E-state index contributed by atoms with van der Waals surface area (Å²) in [6.45, 7) is 0. The SMILES string of the molecule is COc1ccc(-n2nc(C(=O)Nc3cc(OC)ccc3OC)nc2-c2ccc(Br)cc2)cc1. The van der Waals surface area contributed by atoms with E-state index in [1.54, 1.807) is 37.1 Å². The molecule has 8 nitrogen and oxygen atoms in total. The van der Waals surface area contributed by atoms with Gasteiger partial charge in [-0.3, -0.25) is 4.79 Å². The molecule has 0 saturated carbocycles. The van der Waals surface area contributed by atoms with Crippen LogP contribution in [0.5, 0.6) is 17.2 Å². The van der Waals surface area contributed by atoms with Crippen molar-refractivity contribution in [2.45, 2.75) is 0 Å². The molecule has 0 aliphatic heterocycles. The van der Waals surface area contributed by atoms with Crippen LogP contribution in [0.15, 0.2) is 71.2 Å². The Kier molecular flexibility index (Phi) is 6.60. The lowest BCUT2D eigenvalue weighted by Crippen LogP contribution is -2.15. The number of nitrogens with zero attached hydrogens (tertiary/aromatic N) is 3. The maximum atomic E-state index is 13.1. The van der Waals surface area contributed by atoms with Crippen molar-refractivity contribution in [1.29, 1.82) is 0 Å². The maximum absolute atomic E-state index is 13.1. The third-order valence-corrected chi connectivity index (χ3v) is 5.41. The van der Waals surface area contributed by atoms with Gasteiger partial charge in [0, 0.05) is 16.1 Å². The summed E-state index contributed by atoms with van der Waals surface area (Å²) in [6, 6.07) is 20.1. The Hall–Kier alpha value is -3.85. The van der Waals surface area contributed by atoms with Crippen molar-refractivity contribution in [1.82, 2.24) is 14.8 Å². The summed E-state index contributed by atoms with van der Waals surface area (Å²) in [4.78, 5) is 17.6. The summed E-state index contributed by atoms with van der Waals surface area (Å²) < 4.78 is 18.4. The minimum absolute atomic E-state index is 0.00797. The molecule has 0 aliphatic rings. The highest BCUT2D eigenvalue weighted by Crippen LogP contribution is 2.30. The molecule has 1 N–H and O–H groups in total. The largest absolute Gasteiger partial charge is 0.497 e. The zero-order valence-corrected chi connectivity index (χ0v) is 19.8. The van der Waals surface area contributed by atoms with E-state index in [1.807, 2.05) is 48.5 Å². The Morgan fingerprint density at radius 2 is 1.55 bits per heavy atom. The topological polar surface area (TPSA) is 87.5 Å². The molecule has 9 heteroatoms. The van der Waals surface area contributed by atoms with Crippen LogP contribution in [0.25, 0.3) is 17.1 Å². The number of halogens is 1. The Morgan fingerprint density at radius 3 is 2.18 bits per heavy atom. The van der Waals surface area contributed by atoms with E-state index in [2.05, 4.69) is 31.3 Å². The number of methoxy groups -OCH3 is 3. The van der Waals surface area contributed by atoms with Gasteiger partial charge in [-0.25, -0.2) is 9.67 Å². The summed E-state index contributed by atoms with van der Waals surface area (Å²) in [5.41, 5.74) is 1.99. The van der Waals surface area contributed by atoms with Crippen LogP contribution in [0.1, 0.15) is 10.6 Å². The van der Waals surface area contributed by atoms with E-state index in [0.29, 0.717) is 28.8 Å². The predicted octanol–water partition coefficient (Wildman–Crippen LogP) is 4.97. The first-order valence-corrected chi connectivity index (χ1v) is 10.7. The lowest BCUT2D eigenvalue weighted by atomic mass is 10.2. The van der Waals surface area contributed by atoms with Crippen LogP contribution in [-0.2, 0) is 0 Å². The van der Waals surface area contributed by atoms with Gasteiger partial charge >= 0.3 is 0 Å². The second kappa shape index (κ2) is 9.74. The van der Waals surface area contributed by atoms with Gasteiger partial charge in [-0.05, 0) is 48.5 Å². The van der Waals surface area contributed by atoms with Crippen LogP contribution >= 0.6 is 15.9 Å². The van der Waals surface area contributed by atoms with E-state index in [-0.39, 0.29) is 5.82 Å². The lowest BCUT2D eigenvalue weighted by Gasteiger charge is -2.10. The summed E-state index contributed by atoms with van der Waals surface area (Å²) in [5.74, 6) is 1.84. The number of carbonyl (C=O) groups is 1. The van der Waals surface area contributed by atoms with Crippen molar-refractivity contribution in [2.75, 3.05) is 26.6 Å². The molecule has 0 unspecified atom stereocenters. The molecule has 0 saturated heterocycles. The minimum atomic E-state index is -0.479. The van der Waals surface area contributed by atoms with Gasteiger partial charge in [0.2, 0.25) is 5.82 Å². The zero-order valence-electron chi connectivity index (χ0n) is 18.2. The van der Waals surface area contributed by atoms with E-state index in [4.69, 9.17) is 14.2 Å². The van der Waals surface area contributed by atoms with Crippen molar-refractivity contribution in [3.05, 3.63) is 77.0 Å². The van der Waals surface area contributed by atoms with E-state index in [0.717, 1.165) is 15.7 Å². The van der Waals surface area contributed by atoms with Crippen LogP contribution in [0, 0.1) is 0 Å². The number of anilines is 1. The highest BCUT2D eigenvalue weighted by Gasteiger charge is 2.20. The molecule has 4 rings (SSSR count). The molecule has 0 fully saturated rings. The van der Waals surface area contributed by atoms with Crippen LogP contribution < -0.4 is 19.5 Å². The van der Waals surface area contributed by atoms with Gasteiger partial charge in [0.25, 0.3) is 5.91 Å². The Morgan fingerprint density at radius 1 is 0.879 bits per heavy atom. The third-order valence-electron chi connectivity index (χ3n) is 4.88. The summed E-state index contributed by atoms with van der Waals surface area (Å²) in [5, 5.41) is 7.31. The molecule has 0 atom stereocenters. The molecule has 0 aliphatic carbocycles. The fourth-order valence-electron chi connectivity index (χ4n) is 3.19. The number of rotatable bonds is 7. The number of hydrogen-bond acceptors (Lipinski definition) is 6. The van der Waals surface area contributed by atoms with Gasteiger partial charge in [0.1, 0.15) is 17.2 Å². The van der Waals surface area contributed by atoms with Crippen molar-refractivity contribution in [3.63, 3.8) is 0 Å². The molecular weight excluding hydrogens is 488 g/mol. The smallest absolute Gasteiger partial charge is 0.295 e. The standard InChI is InChI=1S/C24H21BrN4O4/c1-31-18-10-8-17(9-11-18)29-23(15-4-6-16(25)7-5-15)27-22(28-29)24(30)26-20-14-19(32-2)12-13-21(20)33-3/h4-14H,1-3H3,(H,26,30). The number of aromatic nitrogens is 3. The Labute approximate surface area is 199 Å². The third kappa shape index (κ3) is 4.83. The van der Waals surface area contributed by atoms with Gasteiger partial charge < -0.3 is 19.5 Å². The van der Waals surface area contributed by atoms with Crippen molar-refractivity contribution in [2.24, 2.45) is 0 Å². The predicted molar refractivity (Wildman–Crippen MR) is 129 cm³/mol. The van der Waals surface area contributed by atoms with Crippen molar-refractivity contribution < 1.29 is 19.0 Å². The second-order valence-electron chi connectivity index (χ2n) is 6.90. The summed E-state index contributed by atoms with van der Waals surface area (Å²) >= 11 is 3.45. The molecule has 168 valence electrons. The monoisotopic (exact) mass is 508 g/mol. The number of benzene rings is 3.